The molecule has 122 valence electrons. The topological polar surface area (TPSA) is 84.1 Å². The quantitative estimate of drug-likeness (QED) is 0.718. The molecule has 0 fully saturated rings. The van der Waals surface area contributed by atoms with Gasteiger partial charge in [0.05, 0.1) is 17.6 Å². The third-order valence-electron chi connectivity index (χ3n) is 3.35. The average molecular weight is 327 g/mol. The van der Waals surface area contributed by atoms with Gasteiger partial charge in [0.2, 0.25) is 5.95 Å². The lowest BCUT2D eigenvalue weighted by molar-refractivity contribution is 0.103. The number of amides is 1. The fourth-order valence-electron chi connectivity index (χ4n) is 2.24. The Morgan fingerprint density at radius 2 is 1.88 bits per heavy atom. The molecular formula is C17H14FN3O3. The fraction of sp³-hybridized carbons (Fsp3) is 0.118. The first kappa shape index (κ1) is 15.7. The van der Waals surface area contributed by atoms with Crippen molar-refractivity contribution in [3.8, 4) is 0 Å². The second kappa shape index (κ2) is 6.49. The van der Waals surface area contributed by atoms with Gasteiger partial charge in [0.15, 0.2) is 5.78 Å². The van der Waals surface area contributed by atoms with Gasteiger partial charge >= 0.3 is 6.09 Å². The van der Waals surface area contributed by atoms with Crippen molar-refractivity contribution in [2.75, 3.05) is 11.9 Å². The van der Waals surface area contributed by atoms with Gasteiger partial charge in [-0.2, -0.15) is 0 Å². The number of carbonyl (C=O) groups excluding carboxylic acids is 2. The lowest BCUT2D eigenvalue weighted by Crippen LogP contribution is -2.14. The number of nitrogens with zero attached hydrogens (tertiary/aromatic N) is 1. The molecule has 1 heterocycles. The number of halogens is 1. The van der Waals surface area contributed by atoms with Crippen LogP contribution < -0.4 is 5.32 Å². The van der Waals surface area contributed by atoms with Crippen LogP contribution in [0.3, 0.4) is 0 Å². The Bertz CT molecular complexity index is 903. The van der Waals surface area contributed by atoms with Gasteiger partial charge in [0, 0.05) is 11.1 Å². The summed E-state index contributed by atoms with van der Waals surface area (Å²) in [6.45, 7) is 1.95. The number of fused-ring (bicyclic) bond motifs is 1. The van der Waals surface area contributed by atoms with Gasteiger partial charge < -0.3 is 9.72 Å². The van der Waals surface area contributed by atoms with Crippen LogP contribution in [0.15, 0.2) is 42.5 Å². The second-order valence-corrected chi connectivity index (χ2v) is 5.00. The summed E-state index contributed by atoms with van der Waals surface area (Å²) in [7, 11) is 0. The smallest absolute Gasteiger partial charge is 0.413 e. The minimum Gasteiger partial charge on any atom is -0.450 e. The number of benzene rings is 2. The maximum atomic E-state index is 13.0. The molecular weight excluding hydrogens is 313 g/mol. The van der Waals surface area contributed by atoms with Crippen molar-refractivity contribution >= 4 is 28.9 Å². The normalized spacial score (nSPS) is 10.6. The van der Waals surface area contributed by atoms with E-state index in [1.165, 1.54) is 24.3 Å². The number of hydrogen-bond acceptors (Lipinski definition) is 4. The van der Waals surface area contributed by atoms with E-state index in [2.05, 4.69) is 15.3 Å². The first-order valence-corrected chi connectivity index (χ1v) is 7.30. The van der Waals surface area contributed by atoms with E-state index >= 15 is 0 Å². The first-order valence-electron chi connectivity index (χ1n) is 7.30. The van der Waals surface area contributed by atoms with Crippen molar-refractivity contribution in [3.05, 3.63) is 59.4 Å². The highest BCUT2D eigenvalue weighted by atomic mass is 19.1. The Hall–Kier alpha value is -3.22. The molecule has 3 rings (SSSR count). The van der Waals surface area contributed by atoms with Gasteiger partial charge in [0.25, 0.3) is 0 Å². The predicted octanol–water partition coefficient (Wildman–Crippen LogP) is 3.50. The molecule has 2 aromatic carbocycles. The minimum absolute atomic E-state index is 0.230. The maximum absolute atomic E-state index is 13.0. The largest absolute Gasteiger partial charge is 0.450 e. The zero-order valence-electron chi connectivity index (χ0n) is 12.8. The van der Waals surface area contributed by atoms with Crippen molar-refractivity contribution in [3.63, 3.8) is 0 Å². The third kappa shape index (κ3) is 3.24. The molecule has 0 saturated carbocycles. The van der Waals surface area contributed by atoms with Crippen molar-refractivity contribution < 1.29 is 18.7 Å². The highest BCUT2D eigenvalue weighted by molar-refractivity contribution is 6.10. The van der Waals surface area contributed by atoms with Gasteiger partial charge in [-0.1, -0.05) is 0 Å². The molecule has 24 heavy (non-hydrogen) atoms. The number of rotatable bonds is 4. The molecule has 0 spiro atoms. The third-order valence-corrected chi connectivity index (χ3v) is 3.35. The van der Waals surface area contributed by atoms with Crippen LogP contribution in [0.25, 0.3) is 11.0 Å². The van der Waals surface area contributed by atoms with E-state index < -0.39 is 11.9 Å². The van der Waals surface area contributed by atoms with Gasteiger partial charge in [-0.3, -0.25) is 10.1 Å². The predicted molar refractivity (Wildman–Crippen MR) is 86.6 cm³/mol. The van der Waals surface area contributed by atoms with Crippen LogP contribution in [0.2, 0.25) is 0 Å². The SMILES string of the molecule is CCOC(=O)Nc1nc2ccc(C(=O)c3ccc(F)cc3)cc2[nH]1. The summed E-state index contributed by atoms with van der Waals surface area (Å²) in [5, 5.41) is 2.46. The molecule has 0 unspecified atom stereocenters. The molecule has 0 aliphatic carbocycles. The number of anilines is 1. The van der Waals surface area contributed by atoms with Crippen molar-refractivity contribution in [1.29, 1.82) is 0 Å². The van der Waals surface area contributed by atoms with E-state index in [0.29, 0.717) is 22.2 Å². The summed E-state index contributed by atoms with van der Waals surface area (Å²) in [6.07, 6.45) is -0.612. The lowest BCUT2D eigenvalue weighted by atomic mass is 10.0. The molecule has 0 saturated heterocycles. The molecule has 6 nitrogen and oxygen atoms in total. The summed E-state index contributed by atoms with van der Waals surface area (Å²) >= 11 is 0. The summed E-state index contributed by atoms with van der Waals surface area (Å²) < 4.78 is 17.7. The van der Waals surface area contributed by atoms with Gasteiger partial charge in [-0.15, -0.1) is 0 Å². The lowest BCUT2D eigenvalue weighted by Gasteiger charge is -2.01. The Labute approximate surface area is 136 Å². The number of imidazole rings is 1. The van der Waals surface area contributed by atoms with Crippen molar-refractivity contribution in [2.24, 2.45) is 0 Å². The van der Waals surface area contributed by atoms with E-state index in [1.54, 1.807) is 25.1 Å². The molecule has 0 aliphatic heterocycles. The van der Waals surface area contributed by atoms with Gasteiger partial charge in [-0.25, -0.2) is 14.2 Å². The van der Waals surface area contributed by atoms with E-state index in [4.69, 9.17) is 4.74 Å². The Morgan fingerprint density at radius 3 is 2.58 bits per heavy atom. The van der Waals surface area contributed by atoms with E-state index in [1.807, 2.05) is 0 Å². The molecule has 0 bridgehead atoms. The Balaban J connectivity index is 1.86. The molecule has 2 N–H and O–H groups in total. The second-order valence-electron chi connectivity index (χ2n) is 5.00. The zero-order chi connectivity index (χ0) is 17.1. The van der Waals surface area contributed by atoms with Crippen molar-refractivity contribution in [2.45, 2.75) is 6.92 Å². The summed E-state index contributed by atoms with van der Waals surface area (Å²) in [4.78, 5) is 30.9. The number of aromatic nitrogens is 2. The summed E-state index contributed by atoms with van der Waals surface area (Å²) in [6, 6.07) is 10.3. The number of H-pyrrole nitrogens is 1. The van der Waals surface area contributed by atoms with Gasteiger partial charge in [-0.05, 0) is 49.4 Å². The molecule has 7 heteroatoms. The first-order chi connectivity index (χ1) is 11.6. The van der Waals surface area contributed by atoms with Crippen LogP contribution in [0.1, 0.15) is 22.8 Å². The van der Waals surface area contributed by atoms with Crippen LogP contribution in [-0.4, -0.2) is 28.5 Å². The van der Waals surface area contributed by atoms with Crippen LogP contribution >= 0.6 is 0 Å². The molecule has 1 amide bonds. The molecule has 3 aromatic rings. The van der Waals surface area contributed by atoms with Crippen LogP contribution in [0.5, 0.6) is 0 Å². The van der Waals surface area contributed by atoms with Gasteiger partial charge in [0.1, 0.15) is 5.82 Å². The molecule has 1 aromatic heterocycles. The Morgan fingerprint density at radius 1 is 1.17 bits per heavy atom. The summed E-state index contributed by atoms with van der Waals surface area (Å²) in [5.74, 6) is -0.397. The van der Waals surface area contributed by atoms with Crippen LogP contribution in [0.4, 0.5) is 15.1 Å². The number of ketones is 1. The van der Waals surface area contributed by atoms with E-state index in [-0.39, 0.29) is 18.3 Å². The monoisotopic (exact) mass is 327 g/mol. The molecule has 0 aliphatic rings. The highest BCUT2D eigenvalue weighted by Gasteiger charge is 2.12. The van der Waals surface area contributed by atoms with Crippen LogP contribution in [-0.2, 0) is 4.74 Å². The number of nitrogens with one attached hydrogen (secondary N) is 2. The minimum atomic E-state index is -0.612. The van der Waals surface area contributed by atoms with E-state index in [0.717, 1.165) is 0 Å². The highest BCUT2D eigenvalue weighted by Crippen LogP contribution is 2.19. The zero-order valence-corrected chi connectivity index (χ0v) is 12.8. The number of hydrogen-bond donors (Lipinski definition) is 2. The molecule has 0 radical (unpaired) electrons. The number of ether oxygens (including phenoxy) is 1. The maximum Gasteiger partial charge on any atom is 0.413 e. The van der Waals surface area contributed by atoms with Crippen LogP contribution in [0, 0.1) is 5.82 Å². The average Bonchev–Trinajstić information content (AvgIpc) is 2.96. The summed E-state index contributed by atoms with van der Waals surface area (Å²) in [5.41, 5.74) is 2.01. The number of carbonyl (C=O) groups is 2. The van der Waals surface area contributed by atoms with Crippen molar-refractivity contribution in [1.82, 2.24) is 9.97 Å². The Kier molecular flexibility index (Phi) is 4.24. The molecule has 0 atom stereocenters. The standard InChI is InChI=1S/C17H14FN3O3/c1-2-24-17(23)21-16-19-13-8-5-11(9-14(13)20-16)15(22)10-3-6-12(18)7-4-10/h3-9H,2H2,1H3,(H2,19,20,21,23). The fourth-order valence-corrected chi connectivity index (χ4v) is 2.24. The number of aromatic amines is 1. The van der Waals surface area contributed by atoms with E-state index in [9.17, 15) is 14.0 Å².